The van der Waals surface area contributed by atoms with Gasteiger partial charge in [-0.1, -0.05) is 19.3 Å². The largest absolute Gasteiger partial charge is 0.369 e. The number of hydrogen-bond donors (Lipinski definition) is 1. The number of amides is 1. The molecule has 156 valence electrons. The van der Waals surface area contributed by atoms with E-state index >= 15 is 0 Å². The molecule has 0 aromatic heterocycles. The highest BCUT2D eigenvalue weighted by molar-refractivity contribution is 7.88. The summed E-state index contributed by atoms with van der Waals surface area (Å²) in [5, 5.41) is 2.75. The Labute approximate surface area is 167 Å². The molecule has 1 aliphatic heterocycles. The third kappa shape index (κ3) is 5.03. The van der Waals surface area contributed by atoms with Crippen molar-refractivity contribution < 1.29 is 17.6 Å². The minimum Gasteiger partial charge on any atom is -0.369 e. The number of carbonyl (C=O) groups is 1. The Morgan fingerprint density at radius 3 is 2.54 bits per heavy atom. The van der Waals surface area contributed by atoms with Crippen LogP contribution in [-0.4, -0.2) is 51.1 Å². The third-order valence-corrected chi connectivity index (χ3v) is 7.21. The van der Waals surface area contributed by atoms with Gasteiger partial charge in [0.15, 0.2) is 0 Å². The summed E-state index contributed by atoms with van der Waals surface area (Å²) in [6, 6.07) is 5.13. The number of nitrogens with one attached hydrogen (secondary N) is 1. The standard InChI is InChI=1S/C20H30FN3O3S/c1-23(17-8-4-3-5-9-17)19-11-10-16(13-18(19)21)22-20(25)15-7-6-12-24(14-15)28(2,26)27/h10-11,13,15,17H,3-9,12,14H2,1-2H3,(H,22,25). The summed E-state index contributed by atoms with van der Waals surface area (Å²) in [6.45, 7) is 0.620. The maximum Gasteiger partial charge on any atom is 0.228 e. The van der Waals surface area contributed by atoms with Crippen molar-refractivity contribution in [2.75, 3.05) is 36.6 Å². The number of rotatable bonds is 5. The Morgan fingerprint density at radius 1 is 1.18 bits per heavy atom. The summed E-state index contributed by atoms with van der Waals surface area (Å²) in [6.07, 6.45) is 8.18. The number of halogens is 1. The number of hydrogen-bond acceptors (Lipinski definition) is 4. The van der Waals surface area contributed by atoms with Gasteiger partial charge >= 0.3 is 0 Å². The predicted molar refractivity (Wildman–Crippen MR) is 109 cm³/mol. The second-order valence-electron chi connectivity index (χ2n) is 8.02. The molecule has 0 radical (unpaired) electrons. The molecule has 1 aromatic rings. The SMILES string of the molecule is CN(c1ccc(NC(=O)C2CCCN(S(C)(=O)=O)C2)cc1F)C1CCCCC1. The van der Waals surface area contributed by atoms with Gasteiger partial charge in [0.05, 0.1) is 17.9 Å². The average Bonchev–Trinajstić information content (AvgIpc) is 2.68. The first-order chi connectivity index (χ1) is 13.3. The van der Waals surface area contributed by atoms with Crippen LogP contribution in [0.3, 0.4) is 0 Å². The molecule has 1 amide bonds. The lowest BCUT2D eigenvalue weighted by Crippen LogP contribution is -2.43. The monoisotopic (exact) mass is 411 g/mol. The minimum absolute atomic E-state index is 0.176. The number of sulfonamides is 1. The van der Waals surface area contributed by atoms with Gasteiger partial charge in [-0.2, -0.15) is 0 Å². The molecule has 2 aliphatic rings. The summed E-state index contributed by atoms with van der Waals surface area (Å²) in [5.74, 6) is -1.04. The molecule has 0 spiro atoms. The number of anilines is 2. The van der Waals surface area contributed by atoms with Gasteiger partial charge in [-0.3, -0.25) is 4.79 Å². The van der Waals surface area contributed by atoms with Crippen molar-refractivity contribution in [2.45, 2.75) is 51.0 Å². The van der Waals surface area contributed by atoms with Gasteiger partial charge in [0, 0.05) is 31.9 Å². The molecule has 1 aromatic carbocycles. The van der Waals surface area contributed by atoms with Crippen molar-refractivity contribution in [2.24, 2.45) is 5.92 Å². The van der Waals surface area contributed by atoms with Gasteiger partial charge in [0.25, 0.3) is 0 Å². The summed E-state index contributed by atoms with van der Waals surface area (Å²) >= 11 is 0. The first kappa shape index (κ1) is 21.0. The van der Waals surface area contributed by atoms with E-state index in [9.17, 15) is 17.6 Å². The number of nitrogens with zero attached hydrogens (tertiary/aromatic N) is 2. The second-order valence-corrected chi connectivity index (χ2v) is 10.0. The molecule has 1 unspecified atom stereocenters. The van der Waals surface area contributed by atoms with Gasteiger partial charge < -0.3 is 10.2 Å². The van der Waals surface area contributed by atoms with Crippen LogP contribution < -0.4 is 10.2 Å². The van der Waals surface area contributed by atoms with Crippen LogP contribution in [0.2, 0.25) is 0 Å². The molecule has 1 saturated carbocycles. The fourth-order valence-corrected chi connectivity index (χ4v) is 5.15. The molecule has 8 heteroatoms. The Bertz CT molecular complexity index is 809. The Morgan fingerprint density at radius 2 is 1.89 bits per heavy atom. The Balaban J connectivity index is 1.64. The second kappa shape index (κ2) is 8.78. The maximum atomic E-state index is 14.7. The van der Waals surface area contributed by atoms with E-state index in [1.54, 1.807) is 12.1 Å². The van der Waals surface area contributed by atoms with Crippen LogP contribution in [0.1, 0.15) is 44.9 Å². The van der Waals surface area contributed by atoms with Crippen molar-refractivity contribution in [1.29, 1.82) is 0 Å². The molecule has 1 heterocycles. The van der Waals surface area contributed by atoms with Gasteiger partial charge in [0.2, 0.25) is 15.9 Å². The summed E-state index contributed by atoms with van der Waals surface area (Å²) in [7, 11) is -1.38. The fourth-order valence-electron chi connectivity index (χ4n) is 4.24. The quantitative estimate of drug-likeness (QED) is 0.808. The minimum atomic E-state index is -3.31. The van der Waals surface area contributed by atoms with E-state index in [4.69, 9.17) is 0 Å². The third-order valence-electron chi connectivity index (χ3n) is 5.94. The first-order valence-electron chi connectivity index (χ1n) is 10.0. The molecule has 3 rings (SSSR count). The first-order valence-corrected chi connectivity index (χ1v) is 11.9. The molecular weight excluding hydrogens is 381 g/mol. The molecule has 6 nitrogen and oxygen atoms in total. The van der Waals surface area contributed by atoms with E-state index in [-0.39, 0.29) is 18.3 Å². The van der Waals surface area contributed by atoms with E-state index in [2.05, 4.69) is 5.32 Å². The Kier molecular flexibility index (Phi) is 6.60. The summed E-state index contributed by atoms with van der Waals surface area (Å²) in [4.78, 5) is 14.6. The van der Waals surface area contributed by atoms with E-state index in [1.165, 1.54) is 29.6 Å². The zero-order valence-corrected chi connectivity index (χ0v) is 17.5. The van der Waals surface area contributed by atoms with E-state index < -0.39 is 15.9 Å². The fraction of sp³-hybridized carbons (Fsp3) is 0.650. The lowest BCUT2D eigenvalue weighted by molar-refractivity contribution is -0.120. The Hall–Kier alpha value is -1.67. The molecule has 1 aliphatic carbocycles. The highest BCUT2D eigenvalue weighted by Gasteiger charge is 2.30. The van der Waals surface area contributed by atoms with Gasteiger partial charge in [-0.25, -0.2) is 17.1 Å². The van der Waals surface area contributed by atoms with Crippen LogP contribution in [0.15, 0.2) is 18.2 Å². The highest BCUT2D eigenvalue weighted by Crippen LogP contribution is 2.29. The topological polar surface area (TPSA) is 69.7 Å². The lowest BCUT2D eigenvalue weighted by Gasteiger charge is -2.33. The predicted octanol–water partition coefficient (Wildman–Crippen LogP) is 3.20. The van der Waals surface area contributed by atoms with Gasteiger partial charge in [-0.05, 0) is 43.9 Å². The van der Waals surface area contributed by atoms with Crippen molar-refractivity contribution in [1.82, 2.24) is 4.31 Å². The smallest absolute Gasteiger partial charge is 0.228 e. The maximum absolute atomic E-state index is 14.7. The normalized spacial score (nSPS) is 22.0. The lowest BCUT2D eigenvalue weighted by atomic mass is 9.94. The highest BCUT2D eigenvalue weighted by atomic mass is 32.2. The molecule has 1 atom stereocenters. The van der Waals surface area contributed by atoms with Crippen LogP contribution in [0.4, 0.5) is 15.8 Å². The van der Waals surface area contributed by atoms with Crippen LogP contribution in [0.5, 0.6) is 0 Å². The van der Waals surface area contributed by atoms with E-state index in [1.807, 2.05) is 11.9 Å². The van der Waals surface area contributed by atoms with Crippen molar-refractivity contribution >= 4 is 27.3 Å². The van der Waals surface area contributed by atoms with Crippen LogP contribution in [0, 0.1) is 11.7 Å². The van der Waals surface area contributed by atoms with Gasteiger partial charge in [0.1, 0.15) is 5.82 Å². The summed E-state index contributed by atoms with van der Waals surface area (Å²) in [5.41, 5.74) is 0.950. The number of benzene rings is 1. The van der Waals surface area contributed by atoms with Crippen molar-refractivity contribution in [3.63, 3.8) is 0 Å². The molecule has 1 N–H and O–H groups in total. The van der Waals surface area contributed by atoms with Crippen molar-refractivity contribution in [3.05, 3.63) is 24.0 Å². The van der Waals surface area contributed by atoms with Gasteiger partial charge in [-0.15, -0.1) is 0 Å². The van der Waals surface area contributed by atoms with E-state index in [0.717, 1.165) is 19.1 Å². The van der Waals surface area contributed by atoms with Crippen LogP contribution in [0.25, 0.3) is 0 Å². The zero-order valence-electron chi connectivity index (χ0n) is 16.7. The average molecular weight is 412 g/mol. The van der Waals surface area contributed by atoms with E-state index in [0.29, 0.717) is 36.8 Å². The summed E-state index contributed by atoms with van der Waals surface area (Å²) < 4.78 is 39.5. The van der Waals surface area contributed by atoms with Crippen molar-refractivity contribution in [3.8, 4) is 0 Å². The molecule has 0 bridgehead atoms. The number of carbonyl (C=O) groups excluding carboxylic acids is 1. The molecule has 2 fully saturated rings. The van der Waals surface area contributed by atoms with Crippen LogP contribution >= 0.6 is 0 Å². The molecule has 28 heavy (non-hydrogen) atoms. The van der Waals surface area contributed by atoms with Crippen LogP contribution in [-0.2, 0) is 14.8 Å². The number of piperidine rings is 1. The molecular formula is C20H30FN3O3S. The molecule has 1 saturated heterocycles. The zero-order chi connectivity index (χ0) is 20.3.